The fourth-order valence-electron chi connectivity index (χ4n) is 0.911. The van der Waals surface area contributed by atoms with Crippen LogP contribution in [0, 0.1) is 0 Å². The molecule has 0 saturated heterocycles. The highest BCUT2D eigenvalue weighted by Crippen LogP contribution is 2.24. The van der Waals surface area contributed by atoms with E-state index >= 15 is 0 Å². The highest BCUT2D eigenvalue weighted by molar-refractivity contribution is 9.10. The van der Waals surface area contributed by atoms with E-state index in [4.69, 9.17) is 17.3 Å². The third kappa shape index (κ3) is 2.19. The topological polar surface area (TPSA) is 38.9 Å². The van der Waals surface area contributed by atoms with Crippen LogP contribution in [0.4, 0.5) is 0 Å². The van der Waals surface area contributed by atoms with E-state index in [0.29, 0.717) is 11.7 Å². The van der Waals surface area contributed by atoms with Gasteiger partial charge in [-0.1, -0.05) is 18.5 Å². The quantitative estimate of drug-likeness (QED) is 0.818. The van der Waals surface area contributed by atoms with Crippen LogP contribution in [0.5, 0.6) is 0 Å². The molecule has 0 aliphatic carbocycles. The lowest BCUT2D eigenvalue weighted by molar-refractivity contribution is 0.769. The Balaban J connectivity index is 3.04. The largest absolute Gasteiger partial charge is 0.330 e. The molecular weight excluding hydrogens is 239 g/mol. The van der Waals surface area contributed by atoms with E-state index in [1.165, 1.54) is 0 Å². The first-order valence-electron chi connectivity index (χ1n) is 3.66. The van der Waals surface area contributed by atoms with E-state index < -0.39 is 0 Å². The van der Waals surface area contributed by atoms with E-state index in [-0.39, 0.29) is 5.92 Å². The van der Waals surface area contributed by atoms with Crippen LogP contribution in [-0.2, 0) is 0 Å². The number of pyridine rings is 1. The molecule has 1 aromatic heterocycles. The Labute approximate surface area is 85.3 Å². The molecule has 0 spiro atoms. The van der Waals surface area contributed by atoms with Crippen LogP contribution in [-0.4, -0.2) is 11.5 Å². The Hall–Kier alpha value is -0.120. The van der Waals surface area contributed by atoms with Gasteiger partial charge in [-0.15, -0.1) is 0 Å². The maximum Gasteiger partial charge on any atom is 0.132 e. The van der Waals surface area contributed by atoms with Crippen molar-refractivity contribution < 1.29 is 0 Å². The van der Waals surface area contributed by atoms with Gasteiger partial charge in [0.05, 0.1) is 0 Å². The van der Waals surface area contributed by atoms with Crippen LogP contribution in [0.1, 0.15) is 18.4 Å². The molecule has 12 heavy (non-hydrogen) atoms. The Kier molecular flexibility index (Phi) is 3.50. The Bertz CT molecular complexity index is 278. The Morgan fingerprint density at radius 1 is 1.75 bits per heavy atom. The van der Waals surface area contributed by atoms with E-state index in [1.807, 2.05) is 13.0 Å². The zero-order valence-corrected chi connectivity index (χ0v) is 9.06. The summed E-state index contributed by atoms with van der Waals surface area (Å²) in [6, 6.07) is 1.95. The molecule has 1 aromatic rings. The highest BCUT2D eigenvalue weighted by Gasteiger charge is 2.08. The van der Waals surface area contributed by atoms with E-state index in [0.717, 1.165) is 10.0 Å². The molecule has 0 aliphatic rings. The number of nitrogens with two attached hydrogens (primary N) is 1. The van der Waals surface area contributed by atoms with Crippen LogP contribution in [0.15, 0.2) is 16.7 Å². The molecule has 1 rings (SSSR count). The van der Waals surface area contributed by atoms with Gasteiger partial charge >= 0.3 is 0 Å². The first-order valence-corrected chi connectivity index (χ1v) is 4.83. The fourth-order valence-corrected chi connectivity index (χ4v) is 1.55. The van der Waals surface area contributed by atoms with Crippen LogP contribution in [0.25, 0.3) is 0 Å². The lowest BCUT2D eigenvalue weighted by Gasteiger charge is -2.09. The summed E-state index contributed by atoms with van der Waals surface area (Å²) < 4.78 is 0.933. The third-order valence-corrected chi connectivity index (χ3v) is 2.47. The average Bonchev–Trinajstić information content (AvgIpc) is 2.08. The highest BCUT2D eigenvalue weighted by atomic mass is 79.9. The smallest absolute Gasteiger partial charge is 0.132 e. The fraction of sp³-hybridized carbons (Fsp3) is 0.375. The van der Waals surface area contributed by atoms with Gasteiger partial charge in [-0.05, 0) is 40.0 Å². The second-order valence-corrected chi connectivity index (χ2v) is 3.94. The molecule has 0 fully saturated rings. The van der Waals surface area contributed by atoms with Crippen LogP contribution >= 0.6 is 27.5 Å². The first-order chi connectivity index (χ1) is 5.65. The van der Waals surface area contributed by atoms with Gasteiger partial charge in [0.2, 0.25) is 0 Å². The van der Waals surface area contributed by atoms with Gasteiger partial charge in [-0.3, -0.25) is 0 Å². The number of rotatable bonds is 2. The van der Waals surface area contributed by atoms with Crippen LogP contribution < -0.4 is 5.73 Å². The summed E-state index contributed by atoms with van der Waals surface area (Å²) in [4.78, 5) is 4.01. The minimum absolute atomic E-state index is 0.252. The van der Waals surface area contributed by atoms with Crippen molar-refractivity contribution in [1.82, 2.24) is 4.98 Å². The molecule has 66 valence electrons. The maximum atomic E-state index is 5.88. The molecule has 0 bridgehead atoms. The molecule has 1 atom stereocenters. The van der Waals surface area contributed by atoms with Crippen molar-refractivity contribution in [2.45, 2.75) is 12.8 Å². The average molecular weight is 250 g/mol. The van der Waals surface area contributed by atoms with Gasteiger partial charge in [-0.2, -0.15) is 0 Å². The van der Waals surface area contributed by atoms with Crippen molar-refractivity contribution in [3.8, 4) is 0 Å². The Morgan fingerprint density at radius 2 is 2.42 bits per heavy atom. The second kappa shape index (κ2) is 4.21. The summed E-state index contributed by atoms with van der Waals surface area (Å²) in [7, 11) is 0. The number of aromatic nitrogens is 1. The zero-order chi connectivity index (χ0) is 9.14. The standard InChI is InChI=1S/C8H10BrClN2/c1-5(3-11)7-2-6(9)4-12-8(7)10/h2,4-5H,3,11H2,1H3. The lowest BCUT2D eigenvalue weighted by atomic mass is 10.0. The van der Waals surface area contributed by atoms with Crippen molar-refractivity contribution in [2.24, 2.45) is 5.73 Å². The minimum atomic E-state index is 0.252. The van der Waals surface area contributed by atoms with Gasteiger partial charge in [-0.25, -0.2) is 4.98 Å². The molecule has 1 unspecified atom stereocenters. The van der Waals surface area contributed by atoms with E-state index in [2.05, 4.69) is 20.9 Å². The normalized spacial score (nSPS) is 13.0. The number of hydrogen-bond donors (Lipinski definition) is 1. The van der Waals surface area contributed by atoms with Crippen LogP contribution in [0.2, 0.25) is 5.15 Å². The summed E-state index contributed by atoms with van der Waals surface area (Å²) in [5.41, 5.74) is 6.52. The first kappa shape index (κ1) is 9.96. The van der Waals surface area contributed by atoms with E-state index in [9.17, 15) is 0 Å². The molecule has 0 saturated carbocycles. The second-order valence-electron chi connectivity index (χ2n) is 2.67. The molecule has 0 radical (unpaired) electrons. The van der Waals surface area contributed by atoms with Crippen molar-refractivity contribution in [2.75, 3.05) is 6.54 Å². The molecule has 0 aromatic carbocycles. The molecular formula is C8H10BrClN2. The summed E-state index contributed by atoms with van der Waals surface area (Å²) in [6.07, 6.45) is 1.68. The van der Waals surface area contributed by atoms with Crippen LogP contribution in [0.3, 0.4) is 0 Å². The summed E-state index contributed by atoms with van der Waals surface area (Å²) in [6.45, 7) is 2.60. The maximum absolute atomic E-state index is 5.88. The molecule has 1 heterocycles. The van der Waals surface area contributed by atoms with Crippen molar-refractivity contribution in [3.05, 3.63) is 27.5 Å². The lowest BCUT2D eigenvalue weighted by Crippen LogP contribution is -2.09. The predicted octanol–water partition coefficient (Wildman–Crippen LogP) is 2.56. The van der Waals surface area contributed by atoms with Crippen molar-refractivity contribution in [1.29, 1.82) is 0 Å². The summed E-state index contributed by atoms with van der Waals surface area (Å²) >= 11 is 9.21. The van der Waals surface area contributed by atoms with Crippen molar-refractivity contribution in [3.63, 3.8) is 0 Å². The number of halogens is 2. The summed E-state index contributed by atoms with van der Waals surface area (Å²) in [5.74, 6) is 0.252. The van der Waals surface area contributed by atoms with Gasteiger partial charge in [0, 0.05) is 10.7 Å². The Morgan fingerprint density at radius 3 is 3.00 bits per heavy atom. The minimum Gasteiger partial charge on any atom is -0.330 e. The zero-order valence-electron chi connectivity index (χ0n) is 6.72. The van der Waals surface area contributed by atoms with Crippen molar-refractivity contribution >= 4 is 27.5 Å². The summed E-state index contributed by atoms with van der Waals surface area (Å²) in [5, 5.41) is 0.538. The third-order valence-electron chi connectivity index (χ3n) is 1.72. The molecule has 0 aliphatic heterocycles. The number of nitrogens with zero attached hydrogens (tertiary/aromatic N) is 1. The van der Waals surface area contributed by atoms with Gasteiger partial charge in [0.25, 0.3) is 0 Å². The number of hydrogen-bond acceptors (Lipinski definition) is 2. The SMILES string of the molecule is CC(CN)c1cc(Br)cnc1Cl. The molecule has 2 N–H and O–H groups in total. The van der Waals surface area contributed by atoms with Gasteiger partial charge in [0.15, 0.2) is 0 Å². The van der Waals surface area contributed by atoms with Gasteiger partial charge in [0.1, 0.15) is 5.15 Å². The molecule has 2 nitrogen and oxygen atoms in total. The molecule has 0 amide bonds. The van der Waals surface area contributed by atoms with Gasteiger partial charge < -0.3 is 5.73 Å². The van der Waals surface area contributed by atoms with E-state index in [1.54, 1.807) is 6.20 Å². The predicted molar refractivity (Wildman–Crippen MR) is 54.4 cm³/mol. The molecule has 4 heteroatoms. The monoisotopic (exact) mass is 248 g/mol.